The van der Waals surface area contributed by atoms with Gasteiger partial charge in [0.15, 0.2) is 5.69 Å². The van der Waals surface area contributed by atoms with Crippen molar-refractivity contribution in [3.05, 3.63) is 58.0 Å². The third-order valence-electron chi connectivity index (χ3n) is 3.00. The van der Waals surface area contributed by atoms with Crippen molar-refractivity contribution in [3.8, 4) is 5.75 Å². The third kappa shape index (κ3) is 4.82. The highest BCUT2D eigenvalue weighted by atomic mass is 19.4. The second kappa shape index (κ2) is 6.82. The maximum atomic E-state index is 12.6. The third-order valence-corrected chi connectivity index (χ3v) is 3.00. The molecule has 2 aromatic rings. The monoisotopic (exact) mass is 328 g/mol. The van der Waals surface area contributed by atoms with Gasteiger partial charge in [-0.15, -0.1) is 0 Å². The lowest BCUT2D eigenvalue weighted by Gasteiger charge is -2.14. The van der Waals surface area contributed by atoms with Gasteiger partial charge in [-0.1, -0.05) is 17.7 Å². The summed E-state index contributed by atoms with van der Waals surface area (Å²) in [5.41, 5.74) is -0.881. The highest BCUT2D eigenvalue weighted by Crippen LogP contribution is 2.26. The van der Waals surface area contributed by atoms with Gasteiger partial charge in [0.1, 0.15) is 18.5 Å². The van der Waals surface area contributed by atoms with E-state index < -0.39 is 30.1 Å². The van der Waals surface area contributed by atoms with Crippen LogP contribution in [0.5, 0.6) is 5.75 Å². The Morgan fingerprint density at radius 2 is 1.87 bits per heavy atom. The second-order valence-electron chi connectivity index (χ2n) is 5.01. The summed E-state index contributed by atoms with van der Waals surface area (Å²) in [7, 11) is 0. The standard InChI is InChI=1S/C15H15F3N2O3/c1-10-2-4-12(5-3-10)23-9-11(21)8-20-14(22)7-6-13(19-20)15(16,17)18/h2-7,11,21H,8-9H2,1H3. The van der Waals surface area contributed by atoms with Crippen LogP contribution in [0.25, 0.3) is 0 Å². The maximum absolute atomic E-state index is 12.6. The molecule has 124 valence electrons. The molecule has 0 spiro atoms. The van der Waals surface area contributed by atoms with Gasteiger partial charge in [0.2, 0.25) is 0 Å². The molecule has 1 atom stereocenters. The first-order valence-corrected chi connectivity index (χ1v) is 6.78. The van der Waals surface area contributed by atoms with Gasteiger partial charge < -0.3 is 9.84 Å². The number of nitrogens with zero attached hydrogens (tertiary/aromatic N) is 2. The molecule has 8 heteroatoms. The van der Waals surface area contributed by atoms with Gasteiger partial charge in [0.05, 0.1) is 6.54 Å². The molecule has 0 aliphatic rings. The topological polar surface area (TPSA) is 64.3 Å². The zero-order chi connectivity index (χ0) is 17.0. The van der Waals surface area contributed by atoms with Crippen molar-refractivity contribution in [2.45, 2.75) is 25.7 Å². The quantitative estimate of drug-likeness (QED) is 0.912. The van der Waals surface area contributed by atoms with E-state index in [0.29, 0.717) is 16.5 Å². The summed E-state index contributed by atoms with van der Waals surface area (Å²) >= 11 is 0. The van der Waals surface area contributed by atoms with Crippen LogP contribution in [0.2, 0.25) is 0 Å². The SMILES string of the molecule is Cc1ccc(OCC(O)Cn2nc(C(F)(F)F)ccc2=O)cc1. The summed E-state index contributed by atoms with van der Waals surface area (Å²) in [5, 5.41) is 13.0. The molecule has 2 rings (SSSR count). The number of ether oxygens (including phenoxy) is 1. The fraction of sp³-hybridized carbons (Fsp3) is 0.333. The lowest BCUT2D eigenvalue weighted by atomic mass is 10.2. The zero-order valence-electron chi connectivity index (χ0n) is 12.2. The van der Waals surface area contributed by atoms with Crippen LogP contribution in [0.15, 0.2) is 41.2 Å². The molecule has 0 amide bonds. The Bertz CT molecular complexity index is 711. The number of hydrogen-bond acceptors (Lipinski definition) is 4. The van der Waals surface area contributed by atoms with Crippen LogP contribution < -0.4 is 10.3 Å². The van der Waals surface area contributed by atoms with E-state index in [9.17, 15) is 23.1 Å². The predicted molar refractivity (Wildman–Crippen MR) is 76.2 cm³/mol. The first-order chi connectivity index (χ1) is 10.8. The molecule has 1 N–H and O–H groups in total. The van der Waals surface area contributed by atoms with Gasteiger partial charge in [-0.25, -0.2) is 4.68 Å². The van der Waals surface area contributed by atoms with Crippen molar-refractivity contribution >= 4 is 0 Å². The Kier molecular flexibility index (Phi) is 5.05. The number of benzene rings is 1. The summed E-state index contributed by atoms with van der Waals surface area (Å²) in [6.45, 7) is 1.34. The molecular weight excluding hydrogens is 313 g/mol. The highest BCUT2D eigenvalue weighted by molar-refractivity contribution is 5.26. The Morgan fingerprint density at radius 3 is 2.48 bits per heavy atom. The average Bonchev–Trinajstić information content (AvgIpc) is 2.48. The molecule has 0 saturated heterocycles. The number of halogens is 3. The molecule has 23 heavy (non-hydrogen) atoms. The van der Waals surface area contributed by atoms with E-state index in [1.54, 1.807) is 12.1 Å². The van der Waals surface area contributed by atoms with Crippen molar-refractivity contribution < 1.29 is 23.0 Å². The highest BCUT2D eigenvalue weighted by Gasteiger charge is 2.33. The Morgan fingerprint density at radius 1 is 1.22 bits per heavy atom. The summed E-state index contributed by atoms with van der Waals surface area (Å²) in [6.07, 6.45) is -5.83. The molecule has 1 aromatic carbocycles. The number of rotatable bonds is 5. The van der Waals surface area contributed by atoms with Crippen LogP contribution in [0, 0.1) is 6.92 Å². The van der Waals surface area contributed by atoms with Gasteiger partial charge >= 0.3 is 6.18 Å². The van der Waals surface area contributed by atoms with E-state index in [2.05, 4.69) is 5.10 Å². The average molecular weight is 328 g/mol. The van der Waals surface area contributed by atoms with E-state index >= 15 is 0 Å². The van der Waals surface area contributed by atoms with Crippen molar-refractivity contribution in [2.75, 3.05) is 6.61 Å². The molecule has 0 aliphatic carbocycles. The van der Waals surface area contributed by atoms with Crippen LogP contribution in [-0.2, 0) is 12.7 Å². The summed E-state index contributed by atoms with van der Waals surface area (Å²) in [4.78, 5) is 11.5. The summed E-state index contributed by atoms with van der Waals surface area (Å²) in [6, 6.07) is 8.42. The van der Waals surface area contributed by atoms with Crippen LogP contribution in [0.4, 0.5) is 13.2 Å². The molecular formula is C15H15F3N2O3. The van der Waals surface area contributed by atoms with E-state index in [0.717, 1.165) is 11.6 Å². The number of aliphatic hydroxyl groups excluding tert-OH is 1. The van der Waals surface area contributed by atoms with Crippen LogP contribution in [0.3, 0.4) is 0 Å². The predicted octanol–water partition coefficient (Wildman–Crippen LogP) is 2.01. The van der Waals surface area contributed by atoms with Crippen molar-refractivity contribution in [2.24, 2.45) is 0 Å². The Hall–Kier alpha value is -2.35. The molecule has 0 radical (unpaired) electrons. The Balaban J connectivity index is 2.01. The largest absolute Gasteiger partial charge is 0.491 e. The first kappa shape index (κ1) is 17.0. The molecule has 1 unspecified atom stereocenters. The van der Waals surface area contributed by atoms with E-state index in [1.165, 1.54) is 0 Å². The van der Waals surface area contributed by atoms with Crippen LogP contribution >= 0.6 is 0 Å². The lowest BCUT2D eigenvalue weighted by molar-refractivity contribution is -0.142. The minimum Gasteiger partial charge on any atom is -0.491 e. The molecule has 1 heterocycles. The number of aliphatic hydroxyl groups is 1. The van der Waals surface area contributed by atoms with Crippen molar-refractivity contribution in [1.82, 2.24) is 9.78 Å². The van der Waals surface area contributed by atoms with Crippen molar-refractivity contribution in [1.29, 1.82) is 0 Å². The molecule has 0 aliphatic heterocycles. The lowest BCUT2D eigenvalue weighted by Crippen LogP contribution is -2.33. The second-order valence-corrected chi connectivity index (χ2v) is 5.01. The normalized spacial score (nSPS) is 12.9. The summed E-state index contributed by atoms with van der Waals surface area (Å²) in [5.74, 6) is 0.513. The zero-order valence-corrected chi connectivity index (χ0v) is 12.2. The van der Waals surface area contributed by atoms with Crippen molar-refractivity contribution in [3.63, 3.8) is 0 Å². The fourth-order valence-corrected chi connectivity index (χ4v) is 1.81. The molecule has 5 nitrogen and oxygen atoms in total. The molecule has 0 fully saturated rings. The first-order valence-electron chi connectivity index (χ1n) is 6.78. The van der Waals surface area contributed by atoms with Crippen LogP contribution in [0.1, 0.15) is 11.3 Å². The van der Waals surface area contributed by atoms with E-state index in [4.69, 9.17) is 4.74 Å². The van der Waals surface area contributed by atoms with E-state index in [1.807, 2.05) is 19.1 Å². The minimum absolute atomic E-state index is 0.173. The molecule has 1 aromatic heterocycles. The van der Waals surface area contributed by atoms with Gasteiger partial charge in [-0.3, -0.25) is 4.79 Å². The minimum atomic E-state index is -4.65. The number of hydrogen-bond donors (Lipinski definition) is 1. The maximum Gasteiger partial charge on any atom is 0.435 e. The van der Waals surface area contributed by atoms with Gasteiger partial charge in [0.25, 0.3) is 5.56 Å². The molecule has 0 bridgehead atoms. The van der Waals surface area contributed by atoms with Gasteiger partial charge in [-0.05, 0) is 25.1 Å². The number of aryl methyl sites for hydroxylation is 1. The van der Waals surface area contributed by atoms with Crippen LogP contribution in [-0.4, -0.2) is 27.6 Å². The van der Waals surface area contributed by atoms with Gasteiger partial charge in [0, 0.05) is 6.07 Å². The fourth-order valence-electron chi connectivity index (χ4n) is 1.81. The Labute approximate surface area is 129 Å². The summed E-state index contributed by atoms with van der Waals surface area (Å²) < 4.78 is 43.6. The van der Waals surface area contributed by atoms with E-state index in [-0.39, 0.29) is 6.61 Å². The number of aromatic nitrogens is 2. The molecule has 0 saturated carbocycles. The number of alkyl halides is 3. The smallest absolute Gasteiger partial charge is 0.435 e. The van der Waals surface area contributed by atoms with Gasteiger partial charge in [-0.2, -0.15) is 18.3 Å².